The molecule has 7 heteroatoms. The van der Waals surface area contributed by atoms with Gasteiger partial charge >= 0.3 is 0 Å². The van der Waals surface area contributed by atoms with Gasteiger partial charge in [0.1, 0.15) is 0 Å². The van der Waals surface area contributed by atoms with E-state index in [2.05, 4.69) is 43.0 Å². The van der Waals surface area contributed by atoms with Crippen LogP contribution in [0, 0.1) is 0 Å². The molecule has 2 aromatic heterocycles. The van der Waals surface area contributed by atoms with Crippen molar-refractivity contribution in [3.8, 4) is 11.5 Å². The molecule has 0 spiro atoms. The van der Waals surface area contributed by atoms with E-state index >= 15 is 0 Å². The molecule has 0 aliphatic carbocycles. The first-order valence-corrected chi connectivity index (χ1v) is 6.71. The fraction of sp³-hybridized carbons (Fsp3) is 0.286. The molecule has 0 radical (unpaired) electrons. The topological polar surface area (TPSA) is 92.5 Å². The second-order valence-electron chi connectivity index (χ2n) is 4.78. The van der Waals surface area contributed by atoms with Gasteiger partial charge in [0.15, 0.2) is 5.69 Å². The average Bonchev–Trinajstić information content (AvgIpc) is 3.20. The van der Waals surface area contributed by atoms with Crippen LogP contribution in [0.5, 0.6) is 0 Å². The van der Waals surface area contributed by atoms with Crippen molar-refractivity contribution in [3.05, 3.63) is 48.0 Å². The Kier molecular flexibility index (Phi) is 3.74. The van der Waals surface area contributed by atoms with Crippen molar-refractivity contribution in [1.29, 1.82) is 0 Å². The largest absolute Gasteiger partial charge is 0.339 e. The van der Waals surface area contributed by atoms with Crippen LogP contribution in [0.25, 0.3) is 11.5 Å². The highest BCUT2D eigenvalue weighted by atomic mass is 16.5. The summed E-state index contributed by atoms with van der Waals surface area (Å²) in [6, 6.07) is 10.3. The van der Waals surface area contributed by atoms with Crippen LogP contribution in [-0.2, 0) is 0 Å². The Morgan fingerprint density at radius 3 is 2.71 bits per heavy atom. The number of nitrogens with zero attached hydrogens (tertiary/aromatic N) is 4. The van der Waals surface area contributed by atoms with Crippen LogP contribution < -0.4 is 5.32 Å². The van der Waals surface area contributed by atoms with Crippen LogP contribution in [-0.4, -0.2) is 32.6 Å². The smallest absolute Gasteiger partial charge is 0.231 e. The normalized spacial score (nSPS) is 14.0. The van der Waals surface area contributed by atoms with Crippen molar-refractivity contribution in [2.75, 3.05) is 7.05 Å². The van der Waals surface area contributed by atoms with E-state index in [0.29, 0.717) is 17.4 Å². The highest BCUT2D eigenvalue weighted by Gasteiger charge is 2.25. The highest BCUT2D eigenvalue weighted by molar-refractivity contribution is 5.45. The molecule has 7 nitrogen and oxygen atoms in total. The van der Waals surface area contributed by atoms with Gasteiger partial charge in [-0.2, -0.15) is 20.4 Å². The number of nitrogens with one attached hydrogen (secondary N) is 2. The number of likely N-dealkylation sites (N-methyl/N-ethyl adjacent to an activating group) is 1. The van der Waals surface area contributed by atoms with Crippen molar-refractivity contribution in [3.63, 3.8) is 0 Å². The predicted octanol–water partition coefficient (Wildman–Crippen LogP) is 1.92. The van der Waals surface area contributed by atoms with E-state index in [-0.39, 0.29) is 12.0 Å². The first-order chi connectivity index (χ1) is 10.3. The zero-order valence-corrected chi connectivity index (χ0v) is 11.8. The van der Waals surface area contributed by atoms with Crippen molar-refractivity contribution in [2.45, 2.75) is 18.9 Å². The minimum atomic E-state index is 0.0329. The van der Waals surface area contributed by atoms with E-state index < -0.39 is 0 Å². The van der Waals surface area contributed by atoms with Gasteiger partial charge in [0, 0.05) is 6.04 Å². The van der Waals surface area contributed by atoms with Gasteiger partial charge in [-0.3, -0.25) is 0 Å². The number of rotatable bonds is 5. The third kappa shape index (κ3) is 2.68. The van der Waals surface area contributed by atoms with Gasteiger partial charge in [-0.1, -0.05) is 42.4 Å². The Balaban J connectivity index is 1.86. The molecule has 0 bridgehead atoms. The summed E-state index contributed by atoms with van der Waals surface area (Å²) in [6.45, 7) is 2.05. The molecule has 0 aliphatic heterocycles. The number of benzene rings is 1. The third-order valence-corrected chi connectivity index (χ3v) is 3.45. The van der Waals surface area contributed by atoms with Crippen LogP contribution in [0.4, 0.5) is 0 Å². The average molecular weight is 284 g/mol. The van der Waals surface area contributed by atoms with Gasteiger partial charge in [-0.05, 0) is 12.6 Å². The predicted molar refractivity (Wildman–Crippen MR) is 76.3 cm³/mol. The number of aromatic nitrogens is 5. The van der Waals surface area contributed by atoms with E-state index in [4.69, 9.17) is 4.52 Å². The van der Waals surface area contributed by atoms with Gasteiger partial charge in [0.2, 0.25) is 11.7 Å². The second-order valence-corrected chi connectivity index (χ2v) is 4.78. The zero-order chi connectivity index (χ0) is 14.7. The Bertz CT molecular complexity index is 679. The quantitative estimate of drug-likeness (QED) is 0.743. The maximum absolute atomic E-state index is 5.37. The molecule has 0 aliphatic rings. The summed E-state index contributed by atoms with van der Waals surface area (Å²) in [6.07, 6.45) is 1.56. The van der Waals surface area contributed by atoms with E-state index in [1.54, 1.807) is 6.20 Å². The Labute approximate surface area is 121 Å². The lowest BCUT2D eigenvalue weighted by molar-refractivity contribution is 0.331. The summed E-state index contributed by atoms with van der Waals surface area (Å²) in [4.78, 5) is 4.41. The molecule has 2 heterocycles. The Morgan fingerprint density at radius 2 is 2.05 bits per heavy atom. The Hall–Kier alpha value is -2.54. The van der Waals surface area contributed by atoms with E-state index in [1.165, 1.54) is 5.56 Å². The number of aromatic amines is 1. The van der Waals surface area contributed by atoms with Crippen LogP contribution in [0.3, 0.4) is 0 Å². The molecule has 1 aromatic carbocycles. The van der Waals surface area contributed by atoms with Gasteiger partial charge in [0.05, 0.1) is 12.1 Å². The van der Waals surface area contributed by atoms with Crippen LogP contribution in [0.15, 0.2) is 41.1 Å². The molecular formula is C14H16N6O. The lowest BCUT2D eigenvalue weighted by Crippen LogP contribution is -2.22. The van der Waals surface area contributed by atoms with Crippen LogP contribution in [0.1, 0.15) is 30.3 Å². The summed E-state index contributed by atoms with van der Waals surface area (Å²) in [5, 5.41) is 17.5. The molecule has 3 rings (SSSR count). The molecule has 0 saturated carbocycles. The number of hydrogen-bond acceptors (Lipinski definition) is 6. The first kappa shape index (κ1) is 13.4. The van der Waals surface area contributed by atoms with E-state index in [0.717, 1.165) is 0 Å². The zero-order valence-electron chi connectivity index (χ0n) is 11.8. The molecular weight excluding hydrogens is 268 g/mol. The first-order valence-electron chi connectivity index (χ1n) is 6.71. The van der Waals surface area contributed by atoms with Crippen LogP contribution in [0.2, 0.25) is 0 Å². The number of hydrogen-bond donors (Lipinski definition) is 2. The molecule has 2 atom stereocenters. The summed E-state index contributed by atoms with van der Waals surface area (Å²) in [7, 11) is 1.92. The summed E-state index contributed by atoms with van der Waals surface area (Å²) in [5.74, 6) is 1.04. The molecule has 0 saturated heterocycles. The minimum Gasteiger partial charge on any atom is -0.339 e. The van der Waals surface area contributed by atoms with Crippen molar-refractivity contribution >= 4 is 0 Å². The fourth-order valence-corrected chi connectivity index (χ4v) is 2.34. The van der Waals surface area contributed by atoms with Crippen LogP contribution >= 0.6 is 0 Å². The monoisotopic (exact) mass is 284 g/mol. The fourth-order valence-electron chi connectivity index (χ4n) is 2.34. The molecule has 108 valence electrons. The summed E-state index contributed by atoms with van der Waals surface area (Å²) in [5.41, 5.74) is 1.74. The SMILES string of the molecule is CNC(c1ccccc1)C(C)c1nc(-c2cn[nH]n2)no1. The van der Waals surface area contributed by atoms with Crippen molar-refractivity contribution in [2.24, 2.45) is 0 Å². The van der Waals surface area contributed by atoms with Crippen molar-refractivity contribution < 1.29 is 4.52 Å². The molecule has 0 amide bonds. The molecule has 0 fully saturated rings. The summed E-state index contributed by atoms with van der Waals surface area (Å²) < 4.78 is 5.37. The maximum atomic E-state index is 5.37. The van der Waals surface area contributed by atoms with E-state index in [9.17, 15) is 0 Å². The van der Waals surface area contributed by atoms with Gasteiger partial charge in [-0.25, -0.2) is 0 Å². The highest BCUT2D eigenvalue weighted by Crippen LogP contribution is 2.30. The lowest BCUT2D eigenvalue weighted by atomic mass is 9.94. The number of H-pyrrole nitrogens is 1. The van der Waals surface area contributed by atoms with Gasteiger partial charge in [0.25, 0.3) is 0 Å². The Morgan fingerprint density at radius 1 is 1.24 bits per heavy atom. The molecule has 3 aromatic rings. The summed E-state index contributed by atoms with van der Waals surface area (Å²) >= 11 is 0. The minimum absolute atomic E-state index is 0.0329. The molecule has 2 N–H and O–H groups in total. The van der Waals surface area contributed by atoms with E-state index in [1.807, 2.05) is 32.2 Å². The third-order valence-electron chi connectivity index (χ3n) is 3.45. The lowest BCUT2D eigenvalue weighted by Gasteiger charge is -2.21. The standard InChI is InChI=1S/C14H16N6O/c1-9(12(15-2)10-6-4-3-5-7-10)14-17-13(19-21-14)11-8-16-20-18-11/h3-9,12,15H,1-2H3,(H,16,18,20). The molecule has 2 unspecified atom stereocenters. The van der Waals surface area contributed by atoms with Gasteiger partial charge in [-0.15, -0.1) is 0 Å². The van der Waals surface area contributed by atoms with Crippen molar-refractivity contribution in [1.82, 2.24) is 30.9 Å². The van der Waals surface area contributed by atoms with Gasteiger partial charge < -0.3 is 9.84 Å². The second kappa shape index (κ2) is 5.84. The maximum Gasteiger partial charge on any atom is 0.231 e. The molecule has 21 heavy (non-hydrogen) atoms.